The van der Waals surface area contributed by atoms with Crippen molar-refractivity contribution < 1.29 is 28.5 Å². The number of nitrogens with zero attached hydrogens (tertiary/aromatic N) is 1. The molecular formula is C24H30N2O6. The predicted molar refractivity (Wildman–Crippen MR) is 121 cm³/mol. The number of ether oxygens (including phenoxy) is 4. The zero-order valence-corrected chi connectivity index (χ0v) is 18.8. The second-order valence-corrected chi connectivity index (χ2v) is 7.32. The Morgan fingerprint density at radius 2 is 1.53 bits per heavy atom. The van der Waals surface area contributed by atoms with Crippen molar-refractivity contribution in [2.24, 2.45) is 0 Å². The van der Waals surface area contributed by atoms with Crippen LogP contribution < -0.4 is 24.3 Å². The van der Waals surface area contributed by atoms with E-state index < -0.39 is 5.91 Å². The fraction of sp³-hybridized carbons (Fsp3) is 0.417. The van der Waals surface area contributed by atoms with Gasteiger partial charge in [-0.1, -0.05) is 12.1 Å². The summed E-state index contributed by atoms with van der Waals surface area (Å²) in [6, 6.07) is 10.4. The Morgan fingerprint density at radius 3 is 2.16 bits per heavy atom. The number of carbonyl (C=O) groups excluding carboxylic acids is 2. The van der Waals surface area contributed by atoms with Crippen LogP contribution in [0.25, 0.3) is 0 Å². The molecule has 0 unspecified atom stereocenters. The lowest BCUT2D eigenvalue weighted by molar-refractivity contribution is -0.118. The summed E-state index contributed by atoms with van der Waals surface area (Å²) < 4.78 is 21.9. The molecule has 0 atom stereocenters. The van der Waals surface area contributed by atoms with Crippen molar-refractivity contribution in [1.29, 1.82) is 0 Å². The van der Waals surface area contributed by atoms with Crippen LogP contribution >= 0.6 is 0 Å². The number of likely N-dealkylation sites (tertiary alicyclic amines) is 1. The Morgan fingerprint density at radius 1 is 0.906 bits per heavy atom. The Labute approximate surface area is 188 Å². The second-order valence-electron chi connectivity index (χ2n) is 7.32. The van der Waals surface area contributed by atoms with Gasteiger partial charge < -0.3 is 29.2 Å². The molecular weight excluding hydrogens is 412 g/mol. The van der Waals surface area contributed by atoms with Crippen molar-refractivity contribution in [3.8, 4) is 23.0 Å². The van der Waals surface area contributed by atoms with Crippen LogP contribution in [0.5, 0.6) is 23.0 Å². The molecule has 172 valence electrons. The van der Waals surface area contributed by atoms with Gasteiger partial charge in [-0.3, -0.25) is 9.59 Å². The maximum Gasteiger partial charge on any atom is 0.262 e. The summed E-state index contributed by atoms with van der Waals surface area (Å²) in [6.45, 7) is 3.51. The molecule has 32 heavy (non-hydrogen) atoms. The molecule has 1 fully saturated rings. The fourth-order valence-electron chi connectivity index (χ4n) is 3.60. The van der Waals surface area contributed by atoms with Crippen LogP contribution in [0.4, 0.5) is 5.69 Å². The van der Waals surface area contributed by atoms with E-state index in [1.165, 1.54) is 14.2 Å². The first kappa shape index (κ1) is 23.2. The molecule has 2 aromatic carbocycles. The third kappa shape index (κ3) is 5.63. The van der Waals surface area contributed by atoms with E-state index in [4.69, 9.17) is 18.9 Å². The summed E-state index contributed by atoms with van der Waals surface area (Å²) >= 11 is 0. The van der Waals surface area contributed by atoms with Crippen LogP contribution in [0, 0.1) is 0 Å². The quantitative estimate of drug-likeness (QED) is 0.637. The van der Waals surface area contributed by atoms with E-state index in [0.29, 0.717) is 53.9 Å². The van der Waals surface area contributed by atoms with E-state index in [1.54, 1.807) is 35.2 Å². The highest BCUT2D eigenvalue weighted by Gasteiger charge is 2.24. The van der Waals surface area contributed by atoms with Crippen molar-refractivity contribution in [2.45, 2.75) is 26.2 Å². The molecule has 8 heteroatoms. The number of hydrogen-bond acceptors (Lipinski definition) is 6. The summed E-state index contributed by atoms with van der Waals surface area (Å²) in [7, 11) is 3.01. The van der Waals surface area contributed by atoms with Crippen molar-refractivity contribution in [3.63, 3.8) is 0 Å². The number of para-hydroxylation sites is 2. The maximum absolute atomic E-state index is 13.2. The molecule has 0 saturated carbocycles. The maximum atomic E-state index is 13.2. The Kier molecular flexibility index (Phi) is 8.19. The first-order valence-corrected chi connectivity index (χ1v) is 10.8. The molecule has 0 radical (unpaired) electrons. The standard InChI is InChI=1S/C24H30N2O6/c1-4-31-19-10-6-7-11-20(19)32-16-23(27)25-18-15-22(30-3)21(29-2)14-17(18)24(28)26-12-8-5-9-13-26/h6-7,10-11,14-15H,4-5,8-9,12-13,16H2,1-3H3,(H,25,27). The second kappa shape index (κ2) is 11.3. The minimum absolute atomic E-state index is 0.149. The summed E-state index contributed by atoms with van der Waals surface area (Å²) in [6.07, 6.45) is 3.04. The average Bonchev–Trinajstić information content (AvgIpc) is 2.83. The molecule has 0 spiro atoms. The summed E-state index contributed by atoms with van der Waals surface area (Å²) in [4.78, 5) is 27.7. The average molecular weight is 443 g/mol. The van der Waals surface area contributed by atoms with Gasteiger partial charge in [-0.05, 0) is 44.4 Å². The molecule has 2 aromatic rings. The molecule has 2 amide bonds. The first-order chi connectivity index (χ1) is 15.6. The molecule has 8 nitrogen and oxygen atoms in total. The highest BCUT2D eigenvalue weighted by Crippen LogP contribution is 2.34. The molecule has 1 N–H and O–H groups in total. The minimum atomic E-state index is -0.406. The summed E-state index contributed by atoms with van der Waals surface area (Å²) in [5.41, 5.74) is 0.706. The van der Waals surface area contributed by atoms with Gasteiger partial charge >= 0.3 is 0 Å². The molecule has 0 bridgehead atoms. The number of piperidine rings is 1. The number of anilines is 1. The number of methoxy groups -OCH3 is 2. The lowest BCUT2D eigenvalue weighted by Crippen LogP contribution is -2.36. The van der Waals surface area contributed by atoms with Crippen LogP contribution in [0.2, 0.25) is 0 Å². The minimum Gasteiger partial charge on any atom is -0.493 e. The Balaban J connectivity index is 1.79. The van der Waals surface area contributed by atoms with E-state index >= 15 is 0 Å². The molecule has 0 aliphatic carbocycles. The Bertz CT molecular complexity index is 940. The van der Waals surface area contributed by atoms with Crippen molar-refractivity contribution in [1.82, 2.24) is 4.90 Å². The smallest absolute Gasteiger partial charge is 0.262 e. The zero-order valence-electron chi connectivity index (χ0n) is 18.8. The molecule has 1 aliphatic rings. The molecule has 1 saturated heterocycles. The normalized spacial score (nSPS) is 13.3. The monoisotopic (exact) mass is 442 g/mol. The number of hydrogen-bond donors (Lipinski definition) is 1. The molecule has 1 aliphatic heterocycles. The number of rotatable bonds is 9. The van der Waals surface area contributed by atoms with E-state index in [0.717, 1.165) is 19.3 Å². The van der Waals surface area contributed by atoms with Gasteiger partial charge in [-0.25, -0.2) is 0 Å². The van der Waals surface area contributed by atoms with Gasteiger partial charge in [0.1, 0.15) is 0 Å². The van der Waals surface area contributed by atoms with E-state index in [1.807, 2.05) is 13.0 Å². The number of benzene rings is 2. The third-order valence-electron chi connectivity index (χ3n) is 5.18. The topological polar surface area (TPSA) is 86.3 Å². The number of carbonyl (C=O) groups is 2. The van der Waals surface area contributed by atoms with Gasteiger partial charge in [0.25, 0.3) is 11.8 Å². The summed E-state index contributed by atoms with van der Waals surface area (Å²) in [5.74, 6) is 1.32. The van der Waals surface area contributed by atoms with Crippen LogP contribution in [0.3, 0.4) is 0 Å². The first-order valence-electron chi connectivity index (χ1n) is 10.8. The molecule has 1 heterocycles. The van der Waals surface area contributed by atoms with Gasteiger partial charge in [0.15, 0.2) is 29.6 Å². The van der Waals surface area contributed by atoms with Crippen molar-refractivity contribution >= 4 is 17.5 Å². The lowest BCUT2D eigenvalue weighted by Gasteiger charge is -2.28. The van der Waals surface area contributed by atoms with Crippen molar-refractivity contribution in [2.75, 3.05) is 45.8 Å². The van der Waals surface area contributed by atoms with Gasteiger partial charge in [0.05, 0.1) is 32.1 Å². The highest BCUT2D eigenvalue weighted by atomic mass is 16.5. The van der Waals surface area contributed by atoms with Crippen LogP contribution in [0.15, 0.2) is 36.4 Å². The zero-order chi connectivity index (χ0) is 22.9. The lowest BCUT2D eigenvalue weighted by atomic mass is 10.1. The van der Waals surface area contributed by atoms with Crippen LogP contribution in [-0.4, -0.2) is 57.2 Å². The van der Waals surface area contributed by atoms with Gasteiger partial charge in [0, 0.05) is 19.2 Å². The number of amides is 2. The van der Waals surface area contributed by atoms with E-state index in [2.05, 4.69) is 5.32 Å². The highest BCUT2D eigenvalue weighted by molar-refractivity contribution is 6.05. The van der Waals surface area contributed by atoms with Crippen molar-refractivity contribution in [3.05, 3.63) is 42.0 Å². The fourth-order valence-corrected chi connectivity index (χ4v) is 3.60. The number of nitrogens with one attached hydrogen (secondary N) is 1. The van der Waals surface area contributed by atoms with E-state index in [-0.39, 0.29) is 12.5 Å². The predicted octanol–water partition coefficient (Wildman–Crippen LogP) is 3.75. The van der Waals surface area contributed by atoms with Crippen LogP contribution in [-0.2, 0) is 4.79 Å². The van der Waals surface area contributed by atoms with Gasteiger partial charge in [-0.15, -0.1) is 0 Å². The van der Waals surface area contributed by atoms with Gasteiger partial charge in [0.2, 0.25) is 0 Å². The van der Waals surface area contributed by atoms with Crippen LogP contribution in [0.1, 0.15) is 36.5 Å². The summed E-state index contributed by atoms with van der Waals surface area (Å²) in [5, 5.41) is 2.79. The van der Waals surface area contributed by atoms with E-state index in [9.17, 15) is 9.59 Å². The Hall–Kier alpha value is -3.42. The largest absolute Gasteiger partial charge is 0.493 e. The third-order valence-corrected chi connectivity index (χ3v) is 5.18. The SMILES string of the molecule is CCOc1ccccc1OCC(=O)Nc1cc(OC)c(OC)cc1C(=O)N1CCCCC1. The van der Waals surface area contributed by atoms with Gasteiger partial charge in [-0.2, -0.15) is 0 Å². The molecule has 3 rings (SSSR count). The molecule has 0 aromatic heterocycles.